The van der Waals surface area contributed by atoms with Crippen LogP contribution in [0.5, 0.6) is 0 Å². The third-order valence-electron chi connectivity index (χ3n) is 4.34. The van der Waals surface area contributed by atoms with Crippen molar-refractivity contribution >= 4 is 9.84 Å². The molecule has 0 saturated carbocycles. The summed E-state index contributed by atoms with van der Waals surface area (Å²) >= 11 is 0. The van der Waals surface area contributed by atoms with Gasteiger partial charge in [-0.25, -0.2) is 8.42 Å². The number of benzene rings is 1. The Morgan fingerprint density at radius 1 is 1.38 bits per heavy atom. The van der Waals surface area contributed by atoms with E-state index in [0.29, 0.717) is 19.5 Å². The molecule has 1 aromatic heterocycles. The molecule has 126 valence electrons. The third kappa shape index (κ3) is 3.69. The average Bonchev–Trinajstić information content (AvgIpc) is 3.10. The average molecular weight is 343 g/mol. The lowest BCUT2D eigenvalue weighted by Crippen LogP contribution is -2.36. The van der Waals surface area contributed by atoms with Crippen molar-refractivity contribution in [3.8, 4) is 23.6 Å². The maximum atomic E-state index is 11.8. The van der Waals surface area contributed by atoms with Crippen molar-refractivity contribution in [2.45, 2.75) is 19.0 Å². The van der Waals surface area contributed by atoms with Gasteiger partial charge in [0.05, 0.1) is 23.7 Å². The van der Waals surface area contributed by atoms with E-state index in [4.69, 9.17) is 6.42 Å². The van der Waals surface area contributed by atoms with Crippen molar-refractivity contribution in [2.75, 3.05) is 18.1 Å². The monoisotopic (exact) mass is 343 g/mol. The fourth-order valence-corrected chi connectivity index (χ4v) is 4.97. The smallest absolute Gasteiger partial charge is 0.151 e. The van der Waals surface area contributed by atoms with Gasteiger partial charge in [-0.1, -0.05) is 36.3 Å². The van der Waals surface area contributed by atoms with Crippen LogP contribution in [0, 0.1) is 12.3 Å². The third-order valence-corrected chi connectivity index (χ3v) is 6.09. The maximum absolute atomic E-state index is 11.8. The number of nitrogens with zero attached hydrogens (tertiary/aromatic N) is 3. The quantitative estimate of drug-likeness (QED) is 0.776. The normalized spacial score (nSPS) is 19.5. The molecule has 6 heteroatoms. The molecule has 0 N–H and O–H groups in total. The van der Waals surface area contributed by atoms with E-state index in [1.165, 1.54) is 0 Å². The van der Waals surface area contributed by atoms with Crippen LogP contribution >= 0.6 is 0 Å². The summed E-state index contributed by atoms with van der Waals surface area (Å²) in [4.78, 5) is 2.08. The minimum absolute atomic E-state index is 0.0186. The molecule has 0 radical (unpaired) electrons. The highest BCUT2D eigenvalue weighted by molar-refractivity contribution is 7.91. The van der Waals surface area contributed by atoms with Crippen molar-refractivity contribution in [1.82, 2.24) is 14.7 Å². The molecule has 0 amide bonds. The predicted octanol–water partition coefficient (Wildman–Crippen LogP) is 1.71. The van der Waals surface area contributed by atoms with Crippen LogP contribution in [-0.4, -0.2) is 47.2 Å². The molecule has 1 atom stereocenters. The van der Waals surface area contributed by atoms with E-state index in [1.807, 2.05) is 43.6 Å². The Hall–Kier alpha value is -2.10. The van der Waals surface area contributed by atoms with Crippen LogP contribution in [0.3, 0.4) is 0 Å². The molecule has 24 heavy (non-hydrogen) atoms. The van der Waals surface area contributed by atoms with Gasteiger partial charge in [-0.2, -0.15) is 5.10 Å². The van der Waals surface area contributed by atoms with Gasteiger partial charge in [-0.15, -0.1) is 6.42 Å². The van der Waals surface area contributed by atoms with Crippen LogP contribution in [0.1, 0.15) is 12.0 Å². The topological polar surface area (TPSA) is 55.2 Å². The van der Waals surface area contributed by atoms with Gasteiger partial charge < -0.3 is 0 Å². The molecule has 1 fully saturated rings. The number of hydrogen-bond donors (Lipinski definition) is 0. The first-order valence-corrected chi connectivity index (χ1v) is 9.76. The van der Waals surface area contributed by atoms with Gasteiger partial charge in [0.25, 0.3) is 0 Å². The molecule has 1 aromatic carbocycles. The molecule has 1 aliphatic rings. The van der Waals surface area contributed by atoms with Crippen LogP contribution in [-0.2, 0) is 23.4 Å². The molecule has 1 saturated heterocycles. The summed E-state index contributed by atoms with van der Waals surface area (Å²) < 4.78 is 25.4. The van der Waals surface area contributed by atoms with Gasteiger partial charge in [-0.05, 0) is 6.42 Å². The summed E-state index contributed by atoms with van der Waals surface area (Å²) in [7, 11) is -1.05. The first-order chi connectivity index (χ1) is 11.5. The van der Waals surface area contributed by atoms with E-state index < -0.39 is 9.84 Å². The first-order valence-electron chi connectivity index (χ1n) is 7.94. The van der Waals surface area contributed by atoms with Gasteiger partial charge in [0.2, 0.25) is 0 Å². The molecule has 0 unspecified atom stereocenters. The zero-order valence-electron chi connectivity index (χ0n) is 13.7. The maximum Gasteiger partial charge on any atom is 0.151 e. The van der Waals surface area contributed by atoms with Crippen LogP contribution < -0.4 is 0 Å². The van der Waals surface area contributed by atoms with Crippen molar-refractivity contribution in [3.05, 3.63) is 42.1 Å². The lowest BCUT2D eigenvalue weighted by Gasteiger charge is -2.25. The number of hydrogen-bond acceptors (Lipinski definition) is 4. The molecular weight excluding hydrogens is 322 g/mol. The Morgan fingerprint density at radius 3 is 2.75 bits per heavy atom. The molecule has 5 nitrogen and oxygen atoms in total. The van der Waals surface area contributed by atoms with E-state index in [1.54, 1.807) is 4.68 Å². The van der Waals surface area contributed by atoms with Crippen LogP contribution in [0.15, 0.2) is 36.5 Å². The Labute approximate surface area is 143 Å². The zero-order chi connectivity index (χ0) is 17.2. The highest BCUT2D eigenvalue weighted by atomic mass is 32.2. The van der Waals surface area contributed by atoms with Crippen LogP contribution in [0.2, 0.25) is 0 Å². The van der Waals surface area contributed by atoms with Gasteiger partial charge >= 0.3 is 0 Å². The Balaban J connectivity index is 1.87. The summed E-state index contributed by atoms with van der Waals surface area (Å²) in [5, 5.41) is 4.57. The lowest BCUT2D eigenvalue weighted by molar-refractivity contribution is 0.230. The minimum atomic E-state index is -2.94. The van der Waals surface area contributed by atoms with Gasteiger partial charge in [0, 0.05) is 37.0 Å². The molecule has 2 aromatic rings. The fourth-order valence-electron chi connectivity index (χ4n) is 3.21. The molecule has 1 aliphatic heterocycles. The van der Waals surface area contributed by atoms with Crippen molar-refractivity contribution in [1.29, 1.82) is 0 Å². The van der Waals surface area contributed by atoms with E-state index in [-0.39, 0.29) is 17.5 Å². The second kappa shape index (κ2) is 6.80. The molecule has 0 bridgehead atoms. The lowest BCUT2D eigenvalue weighted by atomic mass is 10.1. The number of sulfone groups is 1. The van der Waals surface area contributed by atoms with Gasteiger partial charge in [0.1, 0.15) is 0 Å². The van der Waals surface area contributed by atoms with E-state index in [9.17, 15) is 8.42 Å². The summed E-state index contributed by atoms with van der Waals surface area (Å²) in [6.07, 6.45) is 8.14. The number of aromatic nitrogens is 2. The Morgan fingerprint density at radius 2 is 2.12 bits per heavy atom. The molecule has 0 aliphatic carbocycles. The molecule has 3 rings (SSSR count). The van der Waals surface area contributed by atoms with Crippen molar-refractivity contribution in [2.24, 2.45) is 7.05 Å². The Bertz CT molecular complexity index is 850. The zero-order valence-corrected chi connectivity index (χ0v) is 14.5. The van der Waals surface area contributed by atoms with Gasteiger partial charge in [0.15, 0.2) is 9.84 Å². The summed E-state index contributed by atoms with van der Waals surface area (Å²) in [5.41, 5.74) is 3.03. The van der Waals surface area contributed by atoms with E-state index in [2.05, 4.69) is 15.9 Å². The standard InChI is InChI=1S/C18H21N3O2S/c1-3-10-21(17-9-11-24(22,23)14-17)13-16-12-20(2)19-18(16)15-7-5-4-6-8-15/h1,4-8,12,17H,9-11,13-14H2,2H3/t17-/m1/s1. The Kier molecular flexibility index (Phi) is 4.74. The fraction of sp³-hybridized carbons (Fsp3) is 0.389. The number of terminal acetylenes is 1. The van der Waals surface area contributed by atoms with Crippen LogP contribution in [0.25, 0.3) is 11.3 Å². The predicted molar refractivity (Wildman–Crippen MR) is 94.9 cm³/mol. The first kappa shape index (κ1) is 16.7. The van der Waals surface area contributed by atoms with E-state index >= 15 is 0 Å². The SMILES string of the molecule is C#CCN(Cc1cn(C)nc1-c1ccccc1)[C@@H]1CCS(=O)(=O)C1. The van der Waals surface area contributed by atoms with Crippen molar-refractivity contribution in [3.63, 3.8) is 0 Å². The highest BCUT2D eigenvalue weighted by Crippen LogP contribution is 2.25. The number of aryl methyl sites for hydroxylation is 1. The minimum Gasteiger partial charge on any atom is -0.284 e. The molecular formula is C18H21N3O2S. The van der Waals surface area contributed by atoms with Crippen molar-refractivity contribution < 1.29 is 8.42 Å². The molecule has 2 heterocycles. The highest BCUT2D eigenvalue weighted by Gasteiger charge is 2.32. The summed E-state index contributed by atoms with van der Waals surface area (Å²) in [6, 6.07) is 9.97. The summed E-state index contributed by atoms with van der Waals surface area (Å²) in [6.45, 7) is 1.03. The number of rotatable bonds is 5. The van der Waals surface area contributed by atoms with Crippen LogP contribution in [0.4, 0.5) is 0 Å². The largest absolute Gasteiger partial charge is 0.284 e. The second-order valence-electron chi connectivity index (χ2n) is 6.21. The van der Waals surface area contributed by atoms with E-state index in [0.717, 1.165) is 16.8 Å². The van der Waals surface area contributed by atoms with Gasteiger partial charge in [-0.3, -0.25) is 9.58 Å². The molecule has 0 spiro atoms. The second-order valence-corrected chi connectivity index (χ2v) is 8.44. The summed E-state index contributed by atoms with van der Waals surface area (Å²) in [5.74, 6) is 3.10.